The number of hydrogen-bond acceptors (Lipinski definition) is 3. The summed E-state index contributed by atoms with van der Waals surface area (Å²) in [5.41, 5.74) is 1.77. The lowest BCUT2D eigenvalue weighted by Crippen LogP contribution is -2.46. The van der Waals surface area contributed by atoms with E-state index in [4.69, 9.17) is 4.74 Å². The zero-order chi connectivity index (χ0) is 16.7. The van der Waals surface area contributed by atoms with Crippen molar-refractivity contribution in [3.05, 3.63) is 35.4 Å². The van der Waals surface area contributed by atoms with Crippen LogP contribution in [0.15, 0.2) is 29.3 Å². The van der Waals surface area contributed by atoms with E-state index in [1.807, 2.05) is 31.3 Å². The summed E-state index contributed by atoms with van der Waals surface area (Å²) in [6.45, 7) is 5.28. The van der Waals surface area contributed by atoms with Crippen LogP contribution in [0.2, 0.25) is 0 Å². The third-order valence-electron chi connectivity index (χ3n) is 4.24. The molecular weight excluding hydrogens is 290 g/mol. The number of benzene rings is 1. The topological polar surface area (TPSA) is 53.9 Å². The van der Waals surface area contributed by atoms with E-state index in [9.17, 15) is 4.79 Å². The molecule has 126 valence electrons. The molecule has 1 aliphatic rings. The lowest BCUT2D eigenvalue weighted by molar-refractivity contribution is 0.0600. The number of esters is 1. The van der Waals surface area contributed by atoms with Crippen molar-refractivity contribution in [2.24, 2.45) is 10.9 Å². The summed E-state index contributed by atoms with van der Waals surface area (Å²) in [5.74, 6) is 1.42. The monoisotopic (exact) mass is 317 g/mol. The normalized spacial score (nSPS) is 18.7. The standard InChI is InChI=1S/C18H27N3O2/c1-14-5-4-12-21(13-14)18(19-2)20-11-10-15-6-8-16(9-7-15)17(22)23-3/h6-9,14H,4-5,10-13H2,1-3H3,(H,19,20). The first-order valence-electron chi connectivity index (χ1n) is 8.27. The zero-order valence-corrected chi connectivity index (χ0v) is 14.3. The van der Waals surface area contributed by atoms with E-state index in [1.54, 1.807) is 0 Å². The van der Waals surface area contributed by atoms with Crippen molar-refractivity contribution in [3.63, 3.8) is 0 Å². The van der Waals surface area contributed by atoms with Crippen molar-refractivity contribution in [3.8, 4) is 0 Å². The average Bonchev–Trinajstić information content (AvgIpc) is 2.58. The fraction of sp³-hybridized carbons (Fsp3) is 0.556. The Hall–Kier alpha value is -2.04. The van der Waals surface area contributed by atoms with Crippen molar-refractivity contribution in [1.82, 2.24) is 10.2 Å². The summed E-state index contributed by atoms with van der Waals surface area (Å²) in [4.78, 5) is 18.2. The number of rotatable bonds is 4. The highest BCUT2D eigenvalue weighted by Crippen LogP contribution is 2.15. The number of hydrogen-bond donors (Lipinski definition) is 1. The van der Waals surface area contributed by atoms with Gasteiger partial charge in [-0.3, -0.25) is 4.99 Å². The summed E-state index contributed by atoms with van der Waals surface area (Å²) >= 11 is 0. The van der Waals surface area contributed by atoms with Crippen molar-refractivity contribution in [1.29, 1.82) is 0 Å². The maximum absolute atomic E-state index is 11.4. The first-order chi connectivity index (χ1) is 11.1. The lowest BCUT2D eigenvalue weighted by Gasteiger charge is -2.33. The van der Waals surface area contributed by atoms with Gasteiger partial charge in [0.2, 0.25) is 0 Å². The molecule has 5 nitrogen and oxygen atoms in total. The second kappa shape index (κ2) is 8.56. The molecule has 1 aliphatic heterocycles. The lowest BCUT2D eigenvalue weighted by atomic mass is 10.0. The number of nitrogens with zero attached hydrogens (tertiary/aromatic N) is 2. The molecule has 5 heteroatoms. The van der Waals surface area contributed by atoms with Crippen LogP contribution in [0.25, 0.3) is 0 Å². The number of carbonyl (C=O) groups excluding carboxylic acids is 1. The summed E-state index contributed by atoms with van der Waals surface area (Å²) in [6.07, 6.45) is 3.43. The molecule has 23 heavy (non-hydrogen) atoms. The van der Waals surface area contributed by atoms with Crippen LogP contribution in [-0.4, -0.2) is 50.6 Å². The van der Waals surface area contributed by atoms with Gasteiger partial charge in [-0.05, 0) is 42.9 Å². The van der Waals surface area contributed by atoms with Crippen LogP contribution in [0.5, 0.6) is 0 Å². The minimum Gasteiger partial charge on any atom is -0.465 e. The van der Waals surface area contributed by atoms with E-state index < -0.39 is 0 Å². The molecule has 1 heterocycles. The minimum absolute atomic E-state index is 0.297. The highest BCUT2D eigenvalue weighted by Gasteiger charge is 2.18. The van der Waals surface area contributed by atoms with Crippen LogP contribution >= 0.6 is 0 Å². The average molecular weight is 317 g/mol. The molecule has 1 unspecified atom stereocenters. The molecule has 0 aliphatic carbocycles. The number of guanidine groups is 1. The quantitative estimate of drug-likeness (QED) is 0.526. The number of carbonyl (C=O) groups is 1. The molecular formula is C18H27N3O2. The van der Waals surface area contributed by atoms with Crippen molar-refractivity contribution >= 4 is 11.9 Å². The van der Waals surface area contributed by atoms with Crippen LogP contribution in [0.1, 0.15) is 35.7 Å². The summed E-state index contributed by atoms with van der Waals surface area (Å²) in [7, 11) is 3.24. The largest absolute Gasteiger partial charge is 0.465 e. The Balaban J connectivity index is 1.82. The predicted octanol–water partition coefficient (Wildman–Crippen LogP) is 2.32. The summed E-state index contributed by atoms with van der Waals surface area (Å²) < 4.78 is 4.71. The van der Waals surface area contributed by atoms with E-state index in [0.29, 0.717) is 5.56 Å². The molecule has 0 amide bonds. The van der Waals surface area contributed by atoms with E-state index >= 15 is 0 Å². The third-order valence-corrected chi connectivity index (χ3v) is 4.24. The van der Waals surface area contributed by atoms with Gasteiger partial charge >= 0.3 is 5.97 Å². The van der Waals surface area contributed by atoms with Gasteiger partial charge in [0, 0.05) is 26.7 Å². The van der Waals surface area contributed by atoms with Crippen LogP contribution in [0.3, 0.4) is 0 Å². The Morgan fingerprint density at radius 2 is 2.13 bits per heavy atom. The van der Waals surface area contributed by atoms with E-state index in [1.165, 1.54) is 25.5 Å². The second-order valence-corrected chi connectivity index (χ2v) is 6.11. The van der Waals surface area contributed by atoms with Crippen molar-refractivity contribution in [2.75, 3.05) is 33.8 Å². The summed E-state index contributed by atoms with van der Waals surface area (Å²) in [5, 5.41) is 3.44. The molecule has 1 atom stereocenters. The molecule has 0 radical (unpaired) electrons. The van der Waals surface area contributed by atoms with Gasteiger partial charge in [0.1, 0.15) is 0 Å². The third kappa shape index (κ3) is 4.98. The maximum atomic E-state index is 11.4. The predicted molar refractivity (Wildman–Crippen MR) is 92.8 cm³/mol. The molecule has 1 saturated heterocycles. The molecule has 1 fully saturated rings. The number of ether oxygens (including phenoxy) is 1. The van der Waals surface area contributed by atoms with Gasteiger partial charge in [0.15, 0.2) is 5.96 Å². The molecule has 0 aromatic heterocycles. The second-order valence-electron chi connectivity index (χ2n) is 6.11. The fourth-order valence-electron chi connectivity index (χ4n) is 2.96. The fourth-order valence-corrected chi connectivity index (χ4v) is 2.96. The minimum atomic E-state index is -0.297. The van der Waals surface area contributed by atoms with Crippen molar-refractivity contribution < 1.29 is 9.53 Å². The van der Waals surface area contributed by atoms with E-state index in [-0.39, 0.29) is 5.97 Å². The molecule has 1 aromatic carbocycles. The Labute approximate surface area is 138 Å². The highest BCUT2D eigenvalue weighted by molar-refractivity contribution is 5.89. The van der Waals surface area contributed by atoms with Crippen molar-refractivity contribution in [2.45, 2.75) is 26.2 Å². The number of nitrogens with one attached hydrogen (secondary N) is 1. The number of aliphatic imine (C=N–C) groups is 1. The Bertz CT molecular complexity index is 540. The molecule has 1 aromatic rings. The number of likely N-dealkylation sites (tertiary alicyclic amines) is 1. The SMILES string of the molecule is CN=C(NCCc1ccc(C(=O)OC)cc1)N1CCCC(C)C1. The molecule has 1 N–H and O–H groups in total. The Morgan fingerprint density at radius 1 is 1.39 bits per heavy atom. The molecule has 0 spiro atoms. The van der Waals surface area contributed by atoms with E-state index in [0.717, 1.165) is 37.9 Å². The van der Waals surface area contributed by atoms with E-state index in [2.05, 4.69) is 22.1 Å². The van der Waals surface area contributed by atoms with Crippen LogP contribution in [0.4, 0.5) is 0 Å². The van der Waals surface area contributed by atoms with Crippen LogP contribution < -0.4 is 5.32 Å². The van der Waals surface area contributed by atoms with Gasteiger partial charge in [0.05, 0.1) is 12.7 Å². The maximum Gasteiger partial charge on any atom is 0.337 e. The van der Waals surface area contributed by atoms with Gasteiger partial charge in [-0.25, -0.2) is 4.79 Å². The van der Waals surface area contributed by atoms with Gasteiger partial charge < -0.3 is 15.0 Å². The first kappa shape index (κ1) is 17.3. The molecule has 2 rings (SSSR count). The number of methoxy groups -OCH3 is 1. The first-order valence-corrected chi connectivity index (χ1v) is 8.27. The molecule has 0 bridgehead atoms. The summed E-state index contributed by atoms with van der Waals surface area (Å²) in [6, 6.07) is 7.56. The number of piperidine rings is 1. The Kier molecular flexibility index (Phi) is 6.44. The van der Waals surface area contributed by atoms with Gasteiger partial charge in [-0.2, -0.15) is 0 Å². The van der Waals surface area contributed by atoms with Crippen LogP contribution in [-0.2, 0) is 11.2 Å². The van der Waals surface area contributed by atoms with Gasteiger partial charge in [-0.1, -0.05) is 19.1 Å². The zero-order valence-electron chi connectivity index (χ0n) is 14.3. The van der Waals surface area contributed by atoms with Gasteiger partial charge in [-0.15, -0.1) is 0 Å². The Morgan fingerprint density at radius 3 is 2.74 bits per heavy atom. The smallest absolute Gasteiger partial charge is 0.337 e. The highest BCUT2D eigenvalue weighted by atomic mass is 16.5. The molecule has 0 saturated carbocycles. The van der Waals surface area contributed by atoms with Crippen LogP contribution in [0, 0.1) is 5.92 Å². The van der Waals surface area contributed by atoms with Gasteiger partial charge in [0.25, 0.3) is 0 Å².